The Hall–Kier alpha value is -1.60. The first kappa shape index (κ1) is 16.3. The van der Waals surface area contributed by atoms with Crippen molar-refractivity contribution in [1.82, 2.24) is 4.90 Å². The molecule has 0 unspecified atom stereocenters. The third-order valence-electron chi connectivity index (χ3n) is 4.96. The second kappa shape index (κ2) is 8.31. The van der Waals surface area contributed by atoms with E-state index in [0.29, 0.717) is 6.04 Å². The Bertz CT molecular complexity index is 516. The Morgan fingerprint density at radius 1 is 0.913 bits per heavy atom. The quantitative estimate of drug-likeness (QED) is 0.682. The molecule has 3 rings (SSSR count). The summed E-state index contributed by atoms with van der Waals surface area (Å²) in [5.74, 6) is 0.818. The number of rotatable bonds is 6. The molecule has 2 aromatic carbocycles. The van der Waals surface area contributed by atoms with Gasteiger partial charge in [-0.1, -0.05) is 80.4 Å². The summed E-state index contributed by atoms with van der Waals surface area (Å²) in [7, 11) is 0. The Morgan fingerprint density at radius 2 is 1.43 bits per heavy atom. The molecular weight excluding hydrogens is 278 g/mol. The van der Waals surface area contributed by atoms with Crippen LogP contribution in [0.1, 0.15) is 49.8 Å². The van der Waals surface area contributed by atoms with Crippen molar-refractivity contribution >= 4 is 0 Å². The van der Waals surface area contributed by atoms with Crippen molar-refractivity contribution in [1.29, 1.82) is 0 Å². The van der Waals surface area contributed by atoms with Crippen LogP contribution in [0.25, 0.3) is 0 Å². The predicted molar refractivity (Wildman–Crippen MR) is 98.2 cm³/mol. The Kier molecular flexibility index (Phi) is 5.87. The molecule has 1 radical (unpaired) electrons. The smallest absolute Gasteiger partial charge is 0.0601 e. The zero-order valence-corrected chi connectivity index (χ0v) is 14.2. The van der Waals surface area contributed by atoms with Gasteiger partial charge >= 0.3 is 0 Å². The highest BCUT2D eigenvalue weighted by molar-refractivity contribution is 5.31. The van der Waals surface area contributed by atoms with E-state index in [0.717, 1.165) is 5.92 Å². The molecule has 2 aromatic rings. The summed E-state index contributed by atoms with van der Waals surface area (Å²) in [5, 5.41) is 0. The van der Waals surface area contributed by atoms with Gasteiger partial charge in [0.25, 0.3) is 0 Å². The third kappa shape index (κ3) is 4.23. The minimum atomic E-state index is 0.393. The molecule has 0 bridgehead atoms. The third-order valence-corrected chi connectivity index (χ3v) is 4.96. The van der Waals surface area contributed by atoms with Crippen LogP contribution in [0, 0.1) is 12.3 Å². The van der Waals surface area contributed by atoms with E-state index in [4.69, 9.17) is 0 Å². The predicted octanol–water partition coefficient (Wildman–Crippen LogP) is 5.49. The SMILES string of the molecule is CCC[CH]C1CCN(C(c2ccccc2)c2ccccc2)CC1. The van der Waals surface area contributed by atoms with E-state index >= 15 is 0 Å². The highest BCUT2D eigenvalue weighted by Gasteiger charge is 2.26. The van der Waals surface area contributed by atoms with Gasteiger partial charge < -0.3 is 0 Å². The van der Waals surface area contributed by atoms with Gasteiger partial charge in [0.2, 0.25) is 0 Å². The van der Waals surface area contributed by atoms with Gasteiger partial charge in [-0.05, 0) is 49.4 Å². The molecule has 0 atom stereocenters. The van der Waals surface area contributed by atoms with Crippen LogP contribution in [-0.2, 0) is 0 Å². The summed E-state index contributed by atoms with van der Waals surface area (Å²) >= 11 is 0. The maximum atomic E-state index is 2.67. The van der Waals surface area contributed by atoms with E-state index in [-0.39, 0.29) is 0 Å². The second-order valence-electron chi connectivity index (χ2n) is 6.62. The zero-order valence-electron chi connectivity index (χ0n) is 14.2. The van der Waals surface area contributed by atoms with Crippen molar-refractivity contribution in [3.63, 3.8) is 0 Å². The number of hydrogen-bond donors (Lipinski definition) is 0. The van der Waals surface area contributed by atoms with Crippen LogP contribution in [0.3, 0.4) is 0 Å². The minimum Gasteiger partial charge on any atom is -0.292 e. The van der Waals surface area contributed by atoms with E-state index in [2.05, 4.69) is 78.9 Å². The highest BCUT2D eigenvalue weighted by Crippen LogP contribution is 2.33. The van der Waals surface area contributed by atoms with Crippen LogP contribution in [0.2, 0.25) is 0 Å². The zero-order chi connectivity index (χ0) is 15.9. The lowest BCUT2D eigenvalue weighted by molar-refractivity contribution is 0.160. The molecule has 1 fully saturated rings. The van der Waals surface area contributed by atoms with Crippen molar-refractivity contribution in [3.05, 3.63) is 78.2 Å². The average molecular weight is 306 g/mol. The number of nitrogens with zero attached hydrogens (tertiary/aromatic N) is 1. The fourth-order valence-electron chi connectivity index (χ4n) is 3.70. The number of benzene rings is 2. The van der Waals surface area contributed by atoms with Crippen molar-refractivity contribution in [2.45, 2.75) is 38.6 Å². The second-order valence-corrected chi connectivity index (χ2v) is 6.62. The number of hydrogen-bond acceptors (Lipinski definition) is 1. The summed E-state index contributed by atoms with van der Waals surface area (Å²) in [6.45, 7) is 4.66. The van der Waals surface area contributed by atoms with Gasteiger partial charge in [-0.2, -0.15) is 0 Å². The van der Waals surface area contributed by atoms with Crippen molar-refractivity contribution in [2.24, 2.45) is 5.92 Å². The fourth-order valence-corrected chi connectivity index (χ4v) is 3.70. The lowest BCUT2D eigenvalue weighted by Gasteiger charge is -2.38. The first-order valence-corrected chi connectivity index (χ1v) is 9.05. The molecule has 0 amide bonds. The van der Waals surface area contributed by atoms with Gasteiger partial charge in [-0.15, -0.1) is 0 Å². The van der Waals surface area contributed by atoms with Crippen LogP contribution in [0.5, 0.6) is 0 Å². The van der Waals surface area contributed by atoms with Gasteiger partial charge in [-0.3, -0.25) is 4.90 Å². The van der Waals surface area contributed by atoms with Gasteiger partial charge in [0.15, 0.2) is 0 Å². The standard InChI is InChI=1S/C22H28N/c1-2-3-10-19-15-17-23(18-16-19)22(20-11-6-4-7-12-20)21-13-8-5-9-14-21/h4-14,19,22H,2-3,15-18H2,1H3. The Balaban J connectivity index is 1.75. The van der Waals surface area contributed by atoms with Gasteiger partial charge in [0, 0.05) is 0 Å². The molecule has 1 heterocycles. The molecule has 23 heavy (non-hydrogen) atoms. The van der Waals surface area contributed by atoms with E-state index < -0.39 is 0 Å². The first-order chi connectivity index (χ1) is 11.4. The minimum absolute atomic E-state index is 0.393. The molecule has 1 nitrogen and oxygen atoms in total. The van der Waals surface area contributed by atoms with Crippen LogP contribution in [-0.4, -0.2) is 18.0 Å². The molecule has 1 saturated heterocycles. The molecule has 0 spiro atoms. The lowest BCUT2D eigenvalue weighted by atomic mass is 9.88. The van der Waals surface area contributed by atoms with Gasteiger partial charge in [-0.25, -0.2) is 0 Å². The molecule has 121 valence electrons. The van der Waals surface area contributed by atoms with Crippen LogP contribution in [0.15, 0.2) is 60.7 Å². The van der Waals surface area contributed by atoms with E-state index in [9.17, 15) is 0 Å². The van der Waals surface area contributed by atoms with Crippen LogP contribution < -0.4 is 0 Å². The normalized spacial score (nSPS) is 16.8. The summed E-state index contributed by atoms with van der Waals surface area (Å²) in [6, 6.07) is 22.3. The van der Waals surface area contributed by atoms with Crippen molar-refractivity contribution in [3.8, 4) is 0 Å². The maximum Gasteiger partial charge on any atom is 0.0601 e. The highest BCUT2D eigenvalue weighted by atomic mass is 15.2. The molecule has 0 aromatic heterocycles. The molecule has 1 heteroatoms. The number of likely N-dealkylation sites (tertiary alicyclic amines) is 1. The molecular formula is C22H28N. The Labute approximate surface area is 141 Å². The molecule has 1 aliphatic heterocycles. The molecule has 0 saturated carbocycles. The summed E-state index contributed by atoms with van der Waals surface area (Å²) < 4.78 is 0. The number of piperidine rings is 1. The summed E-state index contributed by atoms with van der Waals surface area (Å²) in [4.78, 5) is 2.67. The topological polar surface area (TPSA) is 3.24 Å². The van der Waals surface area contributed by atoms with Crippen LogP contribution in [0.4, 0.5) is 0 Å². The maximum absolute atomic E-state index is 2.67. The van der Waals surface area contributed by atoms with Crippen molar-refractivity contribution in [2.75, 3.05) is 13.1 Å². The molecule has 1 aliphatic rings. The van der Waals surface area contributed by atoms with Gasteiger partial charge in [0.1, 0.15) is 0 Å². The molecule has 0 N–H and O–H groups in total. The van der Waals surface area contributed by atoms with Crippen molar-refractivity contribution < 1.29 is 0 Å². The van der Waals surface area contributed by atoms with E-state index in [1.165, 1.54) is 49.9 Å². The van der Waals surface area contributed by atoms with E-state index in [1.807, 2.05) is 0 Å². The van der Waals surface area contributed by atoms with Crippen LogP contribution >= 0.6 is 0 Å². The summed E-state index contributed by atoms with van der Waals surface area (Å²) in [6.07, 6.45) is 7.70. The lowest BCUT2D eigenvalue weighted by Crippen LogP contribution is -2.37. The fraction of sp³-hybridized carbons (Fsp3) is 0.409. The summed E-state index contributed by atoms with van der Waals surface area (Å²) in [5.41, 5.74) is 2.82. The average Bonchev–Trinajstić information content (AvgIpc) is 2.63. The largest absolute Gasteiger partial charge is 0.292 e. The Morgan fingerprint density at radius 3 is 1.91 bits per heavy atom. The monoisotopic (exact) mass is 306 g/mol. The van der Waals surface area contributed by atoms with Gasteiger partial charge in [0.05, 0.1) is 6.04 Å². The van der Waals surface area contributed by atoms with E-state index in [1.54, 1.807) is 0 Å². The first-order valence-electron chi connectivity index (χ1n) is 9.05. The molecule has 0 aliphatic carbocycles. The number of unbranched alkanes of at least 4 members (excludes halogenated alkanes) is 1.